The highest BCUT2D eigenvalue weighted by molar-refractivity contribution is 8.00. The Hall–Kier alpha value is -3.61. The zero-order chi connectivity index (χ0) is 24.6. The summed E-state index contributed by atoms with van der Waals surface area (Å²) in [6.45, 7) is 2.50. The number of anilines is 2. The van der Waals surface area contributed by atoms with Gasteiger partial charge in [0, 0.05) is 53.9 Å². The van der Waals surface area contributed by atoms with Gasteiger partial charge in [0.1, 0.15) is 0 Å². The number of rotatable bonds is 5. The average Bonchev–Trinajstić information content (AvgIpc) is 3.52. The van der Waals surface area contributed by atoms with Crippen LogP contribution < -0.4 is 20.9 Å². The highest BCUT2D eigenvalue weighted by Gasteiger charge is 2.34. The average molecular weight is 499 g/mol. The topological polar surface area (TPSA) is 110 Å². The van der Waals surface area contributed by atoms with E-state index in [9.17, 15) is 14.9 Å². The van der Waals surface area contributed by atoms with Crippen LogP contribution in [0.3, 0.4) is 0 Å². The number of thioether (sulfide) groups is 1. The summed E-state index contributed by atoms with van der Waals surface area (Å²) in [5.41, 5.74) is 4.39. The zero-order valence-corrected chi connectivity index (χ0v) is 20.5. The van der Waals surface area contributed by atoms with Crippen LogP contribution in [0.15, 0.2) is 53.6 Å². The Balaban J connectivity index is 1.08. The molecule has 8 nitrogen and oxygen atoms in total. The number of aromatic nitrogens is 1. The number of nitrogens with zero attached hydrogens (tertiary/aromatic N) is 3. The molecule has 0 spiro atoms. The minimum atomic E-state index is -0.205. The van der Waals surface area contributed by atoms with Crippen molar-refractivity contribution in [2.45, 2.75) is 35.7 Å². The summed E-state index contributed by atoms with van der Waals surface area (Å²) >= 11 is 1.53. The molecule has 3 atom stereocenters. The van der Waals surface area contributed by atoms with Gasteiger partial charge in [-0.05, 0) is 54.8 Å². The molecule has 3 aromatic rings. The lowest BCUT2D eigenvalue weighted by Crippen LogP contribution is -2.41. The maximum Gasteiger partial charge on any atom is 0.234 e. The highest BCUT2D eigenvalue weighted by atomic mass is 32.2. The molecule has 36 heavy (non-hydrogen) atoms. The van der Waals surface area contributed by atoms with E-state index in [1.54, 1.807) is 6.07 Å². The van der Waals surface area contributed by atoms with Gasteiger partial charge >= 0.3 is 0 Å². The second-order valence-corrected chi connectivity index (χ2v) is 10.6. The van der Waals surface area contributed by atoms with Crippen LogP contribution in [0.25, 0.3) is 10.9 Å². The molecular formula is C27H26N6O2S. The first kappa shape index (κ1) is 22.8. The van der Waals surface area contributed by atoms with Crippen molar-refractivity contribution < 1.29 is 9.59 Å². The van der Waals surface area contributed by atoms with Gasteiger partial charge in [0.25, 0.3) is 0 Å². The molecular weight excluding hydrogens is 472 g/mol. The number of benzene rings is 2. The lowest BCUT2D eigenvalue weighted by molar-refractivity contribution is -0.120. The Kier molecular flexibility index (Phi) is 5.99. The van der Waals surface area contributed by atoms with E-state index in [1.165, 1.54) is 11.8 Å². The number of nitrogens with one attached hydrogen (secondary N) is 3. The summed E-state index contributed by atoms with van der Waals surface area (Å²) in [7, 11) is 0. The molecule has 1 aromatic heterocycles. The smallest absolute Gasteiger partial charge is 0.234 e. The van der Waals surface area contributed by atoms with Crippen LogP contribution in [0.4, 0.5) is 11.4 Å². The number of nitriles is 1. The monoisotopic (exact) mass is 498 g/mol. The molecule has 9 heteroatoms. The molecule has 3 aliphatic rings. The van der Waals surface area contributed by atoms with Crippen LogP contribution in [-0.2, 0) is 9.59 Å². The fraction of sp³-hybridized carbons (Fsp3) is 0.333. The van der Waals surface area contributed by atoms with Gasteiger partial charge < -0.3 is 20.9 Å². The van der Waals surface area contributed by atoms with Gasteiger partial charge in [-0.2, -0.15) is 5.26 Å². The third-order valence-corrected chi connectivity index (χ3v) is 8.32. The van der Waals surface area contributed by atoms with Crippen LogP contribution in [0.2, 0.25) is 0 Å². The van der Waals surface area contributed by atoms with Crippen molar-refractivity contribution in [3.05, 3.63) is 59.8 Å². The maximum absolute atomic E-state index is 12.8. The SMILES string of the molecule is N#Cc1ccc2nccc(N3CC[C@@H](NCC4C[C@H](c5ccc6c(c5)NC(=O)CS6)C(=O)N4)C3)c2c1. The van der Waals surface area contributed by atoms with Gasteiger partial charge in [-0.1, -0.05) is 6.07 Å². The first-order chi connectivity index (χ1) is 17.6. The summed E-state index contributed by atoms with van der Waals surface area (Å²) in [5, 5.41) is 20.0. The first-order valence-electron chi connectivity index (χ1n) is 12.2. The lowest BCUT2D eigenvalue weighted by atomic mass is 9.95. The molecule has 4 heterocycles. The maximum atomic E-state index is 12.8. The minimum absolute atomic E-state index is 0.00141. The third kappa shape index (κ3) is 4.38. The molecule has 2 fully saturated rings. The van der Waals surface area contributed by atoms with E-state index in [0.717, 1.165) is 58.7 Å². The molecule has 182 valence electrons. The minimum Gasteiger partial charge on any atom is -0.369 e. The number of carbonyl (C=O) groups is 2. The van der Waals surface area contributed by atoms with Gasteiger partial charge in [-0.15, -0.1) is 11.8 Å². The molecule has 0 radical (unpaired) electrons. The molecule has 2 saturated heterocycles. The van der Waals surface area contributed by atoms with Gasteiger partial charge in [-0.3, -0.25) is 14.6 Å². The molecule has 0 aliphatic carbocycles. The van der Waals surface area contributed by atoms with Crippen molar-refractivity contribution in [2.75, 3.05) is 35.6 Å². The molecule has 3 aliphatic heterocycles. The zero-order valence-electron chi connectivity index (χ0n) is 19.7. The van der Waals surface area contributed by atoms with Gasteiger partial charge in [0.15, 0.2) is 0 Å². The molecule has 1 unspecified atom stereocenters. The summed E-state index contributed by atoms with van der Waals surface area (Å²) in [5.74, 6) is 0.268. The number of pyridine rings is 1. The fourth-order valence-electron chi connectivity index (χ4n) is 5.42. The van der Waals surface area contributed by atoms with Crippen molar-refractivity contribution in [3.8, 4) is 6.07 Å². The van der Waals surface area contributed by atoms with E-state index in [2.05, 4.69) is 31.9 Å². The number of hydrogen-bond acceptors (Lipinski definition) is 7. The fourth-order valence-corrected chi connectivity index (χ4v) is 6.21. The van der Waals surface area contributed by atoms with E-state index < -0.39 is 0 Å². The van der Waals surface area contributed by atoms with Crippen molar-refractivity contribution in [2.24, 2.45) is 0 Å². The second kappa shape index (κ2) is 9.45. The molecule has 0 saturated carbocycles. The summed E-state index contributed by atoms with van der Waals surface area (Å²) in [4.78, 5) is 32.4. The Bertz CT molecular complexity index is 1400. The Labute approximate surface area is 213 Å². The standard InChI is InChI=1S/C27H26N6O2S/c28-12-16-1-3-22-21(9-16)24(5-7-29-22)33-8-6-18(14-33)30-13-19-11-20(27(35)31-19)17-2-4-25-23(10-17)32-26(34)15-36-25/h1-5,7,9-10,18-20,30H,6,8,11,13-15H2,(H,31,35)(H,32,34)/t18-,19?,20-/m1/s1. The Morgan fingerprint density at radius 3 is 3.00 bits per heavy atom. The molecule has 0 bridgehead atoms. The van der Waals surface area contributed by atoms with Crippen molar-refractivity contribution in [1.29, 1.82) is 5.26 Å². The van der Waals surface area contributed by atoms with E-state index in [-0.39, 0.29) is 23.8 Å². The quantitative estimate of drug-likeness (QED) is 0.496. The number of amides is 2. The molecule has 6 rings (SSSR count). The summed E-state index contributed by atoms with van der Waals surface area (Å²) in [6, 6.07) is 16.2. The lowest BCUT2D eigenvalue weighted by Gasteiger charge is -2.21. The van der Waals surface area contributed by atoms with Crippen molar-refractivity contribution >= 4 is 45.9 Å². The number of carbonyl (C=O) groups excluding carboxylic acids is 2. The van der Waals surface area contributed by atoms with Crippen LogP contribution in [0.5, 0.6) is 0 Å². The van der Waals surface area contributed by atoms with E-state index >= 15 is 0 Å². The van der Waals surface area contributed by atoms with Crippen LogP contribution in [0.1, 0.15) is 29.9 Å². The highest BCUT2D eigenvalue weighted by Crippen LogP contribution is 2.36. The summed E-state index contributed by atoms with van der Waals surface area (Å²) < 4.78 is 0. The number of hydrogen-bond donors (Lipinski definition) is 3. The predicted octanol–water partition coefficient (Wildman–Crippen LogP) is 2.99. The second-order valence-electron chi connectivity index (χ2n) is 9.60. The third-order valence-electron chi connectivity index (χ3n) is 7.25. The van der Waals surface area contributed by atoms with E-state index in [1.807, 2.05) is 42.6 Å². The Morgan fingerprint density at radius 1 is 1.19 bits per heavy atom. The van der Waals surface area contributed by atoms with Crippen molar-refractivity contribution in [1.82, 2.24) is 15.6 Å². The summed E-state index contributed by atoms with van der Waals surface area (Å²) in [6.07, 6.45) is 3.56. The van der Waals surface area contributed by atoms with E-state index in [0.29, 0.717) is 23.9 Å². The Morgan fingerprint density at radius 2 is 2.11 bits per heavy atom. The van der Waals surface area contributed by atoms with Gasteiger partial charge in [-0.25, -0.2) is 0 Å². The van der Waals surface area contributed by atoms with Crippen LogP contribution in [-0.4, -0.2) is 54.3 Å². The molecule has 2 amide bonds. The number of fused-ring (bicyclic) bond motifs is 2. The normalized spacial score (nSPS) is 23.3. The predicted molar refractivity (Wildman–Crippen MR) is 140 cm³/mol. The van der Waals surface area contributed by atoms with Gasteiger partial charge in [0.2, 0.25) is 11.8 Å². The van der Waals surface area contributed by atoms with Crippen LogP contribution in [0, 0.1) is 11.3 Å². The van der Waals surface area contributed by atoms with Crippen molar-refractivity contribution in [3.63, 3.8) is 0 Å². The largest absolute Gasteiger partial charge is 0.369 e. The first-order valence-corrected chi connectivity index (χ1v) is 13.2. The molecule has 3 N–H and O–H groups in total. The molecule has 2 aromatic carbocycles. The van der Waals surface area contributed by atoms with E-state index in [4.69, 9.17) is 0 Å². The van der Waals surface area contributed by atoms with Crippen LogP contribution >= 0.6 is 11.8 Å². The van der Waals surface area contributed by atoms with Gasteiger partial charge in [0.05, 0.1) is 34.5 Å².